The first-order chi connectivity index (χ1) is 21.5. The smallest absolute Gasteiger partial charge is 0.166 e. The van der Waals surface area contributed by atoms with Crippen LogP contribution < -0.4 is 0 Å². The first kappa shape index (κ1) is 32.3. The number of halogens is 3. The summed E-state index contributed by atoms with van der Waals surface area (Å²) >= 11 is 0. The SMILES string of the molecule is C/C=C\CCCc1ccc(-c2ccc(-c3ccc(C4=CCC(C5CCC(CCCCC)CC5)CC4)c(F)c3)cc2)c(F)c1F. The lowest BCUT2D eigenvalue weighted by Gasteiger charge is -2.35. The number of benzene rings is 3. The standard InChI is InChI=1S/C41H49F3/c1-3-5-7-9-11-35-24-27-38(41(44)40(35)43)34-22-18-32(19-23-34)36-25-26-37(39(42)28-36)33-20-16-31(17-21-33)30-14-12-29(13-15-30)10-8-6-4-2/h3,5,18-20,22-31H,4,6-17,21H2,1-2H3/b5-3-. The zero-order valence-corrected chi connectivity index (χ0v) is 26.7. The second-order valence-corrected chi connectivity index (χ2v) is 13.2. The maximum Gasteiger partial charge on any atom is 0.166 e. The molecule has 2 aliphatic rings. The van der Waals surface area contributed by atoms with E-state index >= 15 is 4.39 Å². The van der Waals surface area contributed by atoms with Crippen LogP contribution in [0.1, 0.15) is 108 Å². The summed E-state index contributed by atoms with van der Waals surface area (Å²) in [5, 5.41) is 0. The van der Waals surface area contributed by atoms with Crippen LogP contribution in [0, 0.1) is 35.2 Å². The molecule has 0 spiro atoms. The molecule has 3 heteroatoms. The minimum Gasteiger partial charge on any atom is -0.206 e. The van der Waals surface area contributed by atoms with E-state index in [1.54, 1.807) is 30.3 Å². The van der Waals surface area contributed by atoms with E-state index in [0.717, 1.165) is 66.6 Å². The third-order valence-corrected chi connectivity index (χ3v) is 10.3. The van der Waals surface area contributed by atoms with Crippen LogP contribution in [0.3, 0.4) is 0 Å². The van der Waals surface area contributed by atoms with Crippen molar-refractivity contribution >= 4 is 5.57 Å². The first-order valence-electron chi connectivity index (χ1n) is 17.2. The quantitative estimate of drug-likeness (QED) is 0.144. The molecule has 3 aromatic carbocycles. The molecule has 1 unspecified atom stereocenters. The molecule has 1 fully saturated rings. The van der Waals surface area contributed by atoms with Crippen LogP contribution in [0.5, 0.6) is 0 Å². The van der Waals surface area contributed by atoms with Gasteiger partial charge in [0.2, 0.25) is 0 Å². The van der Waals surface area contributed by atoms with Gasteiger partial charge in [0.1, 0.15) is 5.82 Å². The van der Waals surface area contributed by atoms with E-state index in [2.05, 4.69) is 13.0 Å². The summed E-state index contributed by atoms with van der Waals surface area (Å²) in [5.41, 5.74) is 4.75. The fourth-order valence-electron chi connectivity index (χ4n) is 7.54. The van der Waals surface area contributed by atoms with Crippen LogP contribution in [0.15, 0.2) is 72.8 Å². The average Bonchev–Trinajstić information content (AvgIpc) is 3.06. The molecule has 234 valence electrons. The van der Waals surface area contributed by atoms with Gasteiger partial charge in [0.05, 0.1) is 0 Å². The van der Waals surface area contributed by atoms with E-state index in [9.17, 15) is 8.78 Å². The van der Waals surface area contributed by atoms with Gasteiger partial charge < -0.3 is 0 Å². The van der Waals surface area contributed by atoms with E-state index < -0.39 is 11.6 Å². The number of hydrogen-bond donors (Lipinski definition) is 0. The van der Waals surface area contributed by atoms with Crippen molar-refractivity contribution in [3.05, 3.63) is 101 Å². The summed E-state index contributed by atoms with van der Waals surface area (Å²) in [7, 11) is 0. The molecule has 0 saturated heterocycles. The predicted octanol–water partition coefficient (Wildman–Crippen LogP) is 12.9. The molecule has 44 heavy (non-hydrogen) atoms. The van der Waals surface area contributed by atoms with Gasteiger partial charge in [0.15, 0.2) is 11.6 Å². The molecule has 0 heterocycles. The zero-order chi connectivity index (χ0) is 30.9. The summed E-state index contributed by atoms with van der Waals surface area (Å²) < 4.78 is 45.2. The van der Waals surface area contributed by atoms with Crippen molar-refractivity contribution in [1.29, 1.82) is 0 Å². The van der Waals surface area contributed by atoms with Crippen molar-refractivity contribution < 1.29 is 13.2 Å². The van der Waals surface area contributed by atoms with E-state index in [-0.39, 0.29) is 11.4 Å². The summed E-state index contributed by atoms with van der Waals surface area (Å²) in [6.07, 6.45) is 22.6. The second kappa shape index (κ2) is 15.8. The Kier molecular flexibility index (Phi) is 11.6. The van der Waals surface area contributed by atoms with E-state index in [0.29, 0.717) is 23.1 Å². The summed E-state index contributed by atoms with van der Waals surface area (Å²) in [6.45, 7) is 4.24. The Hall–Kier alpha value is -3.07. The van der Waals surface area contributed by atoms with Crippen LogP contribution in [0.25, 0.3) is 27.8 Å². The molecule has 1 saturated carbocycles. The van der Waals surface area contributed by atoms with Gasteiger partial charge in [-0.05, 0) is 110 Å². The van der Waals surface area contributed by atoms with Gasteiger partial charge in [-0.15, -0.1) is 0 Å². The molecular formula is C41H49F3. The summed E-state index contributed by atoms with van der Waals surface area (Å²) in [6, 6.07) is 16.1. The molecule has 2 aliphatic carbocycles. The van der Waals surface area contributed by atoms with Crippen molar-refractivity contribution in [2.24, 2.45) is 17.8 Å². The predicted molar refractivity (Wildman–Crippen MR) is 180 cm³/mol. The van der Waals surface area contributed by atoms with Gasteiger partial charge in [-0.3, -0.25) is 0 Å². The Morgan fingerprint density at radius 1 is 0.727 bits per heavy atom. The van der Waals surface area contributed by atoms with Gasteiger partial charge in [-0.2, -0.15) is 0 Å². The third-order valence-electron chi connectivity index (χ3n) is 10.3. The number of aryl methyl sites for hydroxylation is 1. The largest absolute Gasteiger partial charge is 0.206 e. The minimum absolute atomic E-state index is 0.193. The van der Waals surface area contributed by atoms with Gasteiger partial charge >= 0.3 is 0 Å². The number of hydrogen-bond acceptors (Lipinski definition) is 0. The normalized spacial score (nSPS) is 20.7. The van der Waals surface area contributed by atoms with Crippen molar-refractivity contribution in [3.63, 3.8) is 0 Å². The van der Waals surface area contributed by atoms with Gasteiger partial charge in [0, 0.05) is 11.1 Å². The Morgan fingerprint density at radius 2 is 1.45 bits per heavy atom. The molecule has 5 rings (SSSR count). The molecule has 0 radical (unpaired) electrons. The highest BCUT2D eigenvalue weighted by Gasteiger charge is 2.29. The highest BCUT2D eigenvalue weighted by Crippen LogP contribution is 2.43. The molecule has 0 bridgehead atoms. The monoisotopic (exact) mass is 598 g/mol. The van der Waals surface area contributed by atoms with Crippen molar-refractivity contribution in [3.8, 4) is 22.3 Å². The Morgan fingerprint density at radius 3 is 2.14 bits per heavy atom. The lowest BCUT2D eigenvalue weighted by molar-refractivity contribution is 0.187. The van der Waals surface area contributed by atoms with Crippen LogP contribution in [-0.4, -0.2) is 0 Å². The first-order valence-corrected chi connectivity index (χ1v) is 17.2. The Bertz CT molecular complexity index is 1420. The van der Waals surface area contributed by atoms with Crippen LogP contribution in [0.4, 0.5) is 13.2 Å². The highest BCUT2D eigenvalue weighted by molar-refractivity contribution is 5.74. The van der Waals surface area contributed by atoms with Crippen molar-refractivity contribution in [2.75, 3.05) is 0 Å². The average molecular weight is 599 g/mol. The molecular weight excluding hydrogens is 549 g/mol. The maximum atomic E-state index is 15.4. The Labute approximate surface area is 263 Å². The van der Waals surface area contributed by atoms with Crippen LogP contribution >= 0.6 is 0 Å². The summed E-state index contributed by atoms with van der Waals surface area (Å²) in [5.74, 6) is 0.751. The van der Waals surface area contributed by atoms with E-state index in [4.69, 9.17) is 0 Å². The highest BCUT2D eigenvalue weighted by atomic mass is 19.2. The molecule has 1 atom stereocenters. The van der Waals surface area contributed by atoms with Gasteiger partial charge in [-0.25, -0.2) is 13.2 Å². The molecule has 3 aromatic rings. The van der Waals surface area contributed by atoms with Gasteiger partial charge in [0.25, 0.3) is 0 Å². The fraction of sp³-hybridized carbons (Fsp3) is 0.463. The van der Waals surface area contributed by atoms with Gasteiger partial charge in [-0.1, -0.05) is 112 Å². The summed E-state index contributed by atoms with van der Waals surface area (Å²) in [4.78, 5) is 0. The second-order valence-electron chi connectivity index (χ2n) is 13.2. The van der Waals surface area contributed by atoms with E-state index in [1.165, 1.54) is 51.4 Å². The molecule has 0 aliphatic heterocycles. The molecule has 0 nitrogen and oxygen atoms in total. The van der Waals surface area contributed by atoms with Crippen LogP contribution in [0.2, 0.25) is 0 Å². The minimum atomic E-state index is -0.810. The van der Waals surface area contributed by atoms with Crippen molar-refractivity contribution in [2.45, 2.75) is 104 Å². The number of allylic oxidation sites excluding steroid dienone is 4. The van der Waals surface area contributed by atoms with E-state index in [1.807, 2.05) is 43.3 Å². The number of rotatable bonds is 12. The molecule has 0 amide bonds. The molecule has 0 N–H and O–H groups in total. The fourth-order valence-corrected chi connectivity index (χ4v) is 7.54. The van der Waals surface area contributed by atoms with Crippen molar-refractivity contribution in [1.82, 2.24) is 0 Å². The third kappa shape index (κ3) is 7.95. The number of unbranched alkanes of at least 4 members (excludes halogenated alkanes) is 3. The lowest BCUT2D eigenvalue weighted by atomic mass is 9.70. The zero-order valence-electron chi connectivity index (χ0n) is 26.7. The maximum absolute atomic E-state index is 15.4. The van der Waals surface area contributed by atoms with Crippen LogP contribution in [-0.2, 0) is 6.42 Å². The Balaban J connectivity index is 1.19. The topological polar surface area (TPSA) is 0 Å². The molecule has 0 aromatic heterocycles. The lowest BCUT2D eigenvalue weighted by Crippen LogP contribution is -2.23.